The average molecular weight is 919 g/mol. The molecule has 10 rings (SSSR count). The molecule has 16 nitrogen and oxygen atoms in total. The van der Waals surface area contributed by atoms with Crippen molar-refractivity contribution >= 4 is 63.1 Å². The third-order valence-electron chi connectivity index (χ3n) is 13.5. The molecule has 5 aliphatic heterocycles. The molecular weight excluding hydrogens is 871 g/mol. The molecule has 2 atom stereocenters. The summed E-state index contributed by atoms with van der Waals surface area (Å²) in [5.74, 6) is -2.82. The van der Waals surface area contributed by atoms with Crippen molar-refractivity contribution in [3.8, 4) is 11.1 Å². The number of benzene rings is 3. The summed E-state index contributed by atoms with van der Waals surface area (Å²) in [6, 6.07) is 13.7. The van der Waals surface area contributed by atoms with Gasteiger partial charge < -0.3 is 34.6 Å². The van der Waals surface area contributed by atoms with E-state index >= 15 is 8.78 Å². The highest BCUT2D eigenvalue weighted by molar-refractivity contribution is 7.13. The van der Waals surface area contributed by atoms with Crippen LogP contribution >= 0.6 is 11.3 Å². The number of hydrogen-bond acceptors (Lipinski definition) is 12. The minimum atomic E-state index is -1.22. The molecule has 19 heteroatoms. The van der Waals surface area contributed by atoms with Crippen LogP contribution in [-0.2, 0) is 38.7 Å². The zero-order valence-electron chi connectivity index (χ0n) is 36.0. The Balaban J connectivity index is 0.735. The molecule has 1 unspecified atom stereocenters. The molecule has 342 valence electrons. The number of thiazole rings is 1. The van der Waals surface area contributed by atoms with Gasteiger partial charge in [-0.1, -0.05) is 12.1 Å². The van der Waals surface area contributed by atoms with Gasteiger partial charge in [-0.2, -0.15) is 0 Å². The molecule has 66 heavy (non-hydrogen) atoms. The van der Waals surface area contributed by atoms with Gasteiger partial charge in [0.15, 0.2) is 11.2 Å². The van der Waals surface area contributed by atoms with Crippen molar-refractivity contribution in [1.82, 2.24) is 29.7 Å². The van der Waals surface area contributed by atoms with Crippen molar-refractivity contribution in [2.45, 2.75) is 75.7 Å². The molecule has 7 heterocycles. The van der Waals surface area contributed by atoms with Gasteiger partial charge in [-0.05, 0) is 85.7 Å². The van der Waals surface area contributed by atoms with Crippen LogP contribution in [0.1, 0.15) is 71.9 Å². The first kappa shape index (κ1) is 43.2. The fourth-order valence-electron chi connectivity index (χ4n) is 9.86. The number of hydrogen-bond donors (Lipinski definition) is 4. The number of nitrogens with zero attached hydrogens (tertiary/aromatic N) is 7. The van der Waals surface area contributed by atoms with Gasteiger partial charge in [0, 0.05) is 92.0 Å². The number of carbonyl (C=O) groups is 5. The Morgan fingerprint density at radius 1 is 0.894 bits per heavy atom. The van der Waals surface area contributed by atoms with Crippen molar-refractivity contribution in [3.05, 3.63) is 107 Å². The maximum Gasteiger partial charge on any atom is 0.255 e. The number of piperidine rings is 2. The quantitative estimate of drug-likeness (QED) is 0.133. The first-order chi connectivity index (χ1) is 31.9. The Kier molecular flexibility index (Phi) is 11.5. The van der Waals surface area contributed by atoms with Gasteiger partial charge >= 0.3 is 0 Å². The number of aliphatic hydroxyl groups is 1. The largest absolute Gasteiger partial charge is 0.389 e. The lowest BCUT2D eigenvalue weighted by Gasteiger charge is -2.41. The van der Waals surface area contributed by atoms with E-state index in [1.165, 1.54) is 28.4 Å². The number of amides is 5. The van der Waals surface area contributed by atoms with Gasteiger partial charge in [0.1, 0.15) is 17.7 Å². The second-order valence-electron chi connectivity index (χ2n) is 17.6. The molecule has 5 amide bonds. The molecule has 3 saturated heterocycles. The number of aryl methyl sites for hydroxylation is 1. The van der Waals surface area contributed by atoms with Gasteiger partial charge in [0.05, 0.1) is 36.3 Å². The molecule has 0 radical (unpaired) electrons. The number of imidazole rings is 1. The number of nitrogens with one attached hydrogen (secondary N) is 3. The SMILES string of the molecule is O=C1CC[C@@H](Nc2ccc(N3CCC(O)(CC(=O)N4CCN(c5ccc(-c6cc(F)c7c(c6)C(=O)N(C(C(=O)Nc6nccs6)c6ncn8c6CCC8)C7)cc5)CC4)CC3)c(F)c2)C(=O)N1. The van der Waals surface area contributed by atoms with Crippen LogP contribution in [0, 0.1) is 11.6 Å². The highest BCUT2D eigenvalue weighted by Crippen LogP contribution is 2.39. The zero-order valence-corrected chi connectivity index (χ0v) is 36.8. The fourth-order valence-corrected chi connectivity index (χ4v) is 10.4. The van der Waals surface area contributed by atoms with E-state index in [1.54, 1.807) is 41.0 Å². The second kappa shape index (κ2) is 17.6. The second-order valence-corrected chi connectivity index (χ2v) is 18.5. The van der Waals surface area contributed by atoms with Crippen LogP contribution in [0.4, 0.5) is 31.0 Å². The smallest absolute Gasteiger partial charge is 0.255 e. The van der Waals surface area contributed by atoms with Crippen LogP contribution in [0.15, 0.2) is 72.5 Å². The predicted octanol–water partition coefficient (Wildman–Crippen LogP) is 4.85. The summed E-state index contributed by atoms with van der Waals surface area (Å²) in [7, 11) is 0. The van der Waals surface area contributed by atoms with E-state index in [2.05, 4.69) is 30.8 Å². The van der Waals surface area contributed by atoms with Crippen LogP contribution in [0.3, 0.4) is 0 Å². The van der Waals surface area contributed by atoms with Crippen LogP contribution in [0.2, 0.25) is 0 Å². The van der Waals surface area contributed by atoms with E-state index in [1.807, 2.05) is 33.7 Å². The Labute approximate surface area is 382 Å². The van der Waals surface area contributed by atoms with E-state index < -0.39 is 47.0 Å². The van der Waals surface area contributed by atoms with E-state index in [4.69, 9.17) is 0 Å². The van der Waals surface area contributed by atoms with Crippen LogP contribution < -0.4 is 25.8 Å². The van der Waals surface area contributed by atoms with E-state index in [-0.39, 0.29) is 42.3 Å². The normalized spacial score (nSPS) is 19.7. The standard InChI is InChI=1S/C47H48F2N10O6S/c48-34-23-29(22-32-33(34)26-59(45(32)64)42(44(63)54-46-50-13-21-66-46)41-38-2-1-14-58(38)27-51-41)28-3-6-31(7-4-28)55-17-19-57(20-18-55)40(61)25-47(65)11-15-56(16-12-47)37-9-5-30(24-35(37)49)52-36-8-10-39(60)53-43(36)62/h3-7,9,13,21-24,27,36,42,52,65H,1-2,8,10-12,14-20,25-26H2,(H,50,54,63)(H,53,60,62)/t36-,42?/m1/s1. The topological polar surface area (TPSA) is 185 Å². The number of piperazine rings is 1. The number of rotatable bonds is 11. The number of imide groups is 1. The molecule has 0 saturated carbocycles. The first-order valence-corrected chi connectivity index (χ1v) is 23.2. The summed E-state index contributed by atoms with van der Waals surface area (Å²) >= 11 is 1.26. The monoisotopic (exact) mass is 918 g/mol. The maximum absolute atomic E-state index is 16.0. The molecule has 4 N–H and O–H groups in total. The summed E-state index contributed by atoms with van der Waals surface area (Å²) in [6.45, 7) is 3.48. The Morgan fingerprint density at radius 3 is 2.41 bits per heavy atom. The Bertz CT molecular complexity index is 2710. The van der Waals surface area contributed by atoms with E-state index in [9.17, 15) is 29.1 Å². The summed E-state index contributed by atoms with van der Waals surface area (Å²) in [5.41, 5.74) is 3.56. The number of anilines is 4. The molecule has 5 aliphatic rings. The van der Waals surface area contributed by atoms with Crippen LogP contribution in [-0.4, -0.2) is 110 Å². The first-order valence-electron chi connectivity index (χ1n) is 22.3. The van der Waals surface area contributed by atoms with E-state index in [0.717, 1.165) is 30.8 Å². The van der Waals surface area contributed by atoms with Crippen molar-refractivity contribution in [2.24, 2.45) is 0 Å². The zero-order chi connectivity index (χ0) is 45.7. The van der Waals surface area contributed by atoms with Gasteiger partial charge in [-0.25, -0.2) is 18.7 Å². The van der Waals surface area contributed by atoms with Crippen molar-refractivity contribution in [3.63, 3.8) is 0 Å². The molecule has 0 bridgehead atoms. The molecule has 2 aromatic heterocycles. The summed E-state index contributed by atoms with van der Waals surface area (Å²) < 4.78 is 33.2. The minimum absolute atomic E-state index is 0.0314. The average Bonchev–Trinajstić information content (AvgIpc) is 4.13. The lowest BCUT2D eigenvalue weighted by Crippen LogP contribution is -2.52. The van der Waals surface area contributed by atoms with Crippen molar-refractivity contribution in [2.75, 3.05) is 59.7 Å². The Morgan fingerprint density at radius 2 is 1.68 bits per heavy atom. The molecule has 0 spiro atoms. The van der Waals surface area contributed by atoms with Crippen LogP contribution in [0.5, 0.6) is 0 Å². The molecule has 3 fully saturated rings. The lowest BCUT2D eigenvalue weighted by molar-refractivity contribution is -0.138. The molecule has 0 aliphatic carbocycles. The molecule has 5 aromatic rings. The Hall–Kier alpha value is -6.73. The molecular formula is C47H48F2N10O6S. The maximum atomic E-state index is 16.0. The number of halogens is 2. The number of aromatic nitrogens is 3. The minimum Gasteiger partial charge on any atom is -0.389 e. The number of fused-ring (bicyclic) bond motifs is 2. The van der Waals surface area contributed by atoms with Gasteiger partial charge in [-0.15, -0.1) is 11.3 Å². The fraction of sp³-hybridized carbons (Fsp3) is 0.383. The van der Waals surface area contributed by atoms with Crippen LogP contribution in [0.25, 0.3) is 11.1 Å². The van der Waals surface area contributed by atoms with Crippen molar-refractivity contribution in [1.29, 1.82) is 0 Å². The highest BCUT2D eigenvalue weighted by atomic mass is 32.1. The van der Waals surface area contributed by atoms with Crippen molar-refractivity contribution < 1.29 is 37.9 Å². The highest BCUT2D eigenvalue weighted by Gasteiger charge is 2.42. The summed E-state index contributed by atoms with van der Waals surface area (Å²) in [5, 5.41) is 21.7. The lowest BCUT2D eigenvalue weighted by atomic mass is 9.87. The van der Waals surface area contributed by atoms with Gasteiger partial charge in [0.25, 0.3) is 11.8 Å². The third-order valence-corrected chi connectivity index (χ3v) is 14.2. The third kappa shape index (κ3) is 8.48. The molecule has 3 aromatic carbocycles. The summed E-state index contributed by atoms with van der Waals surface area (Å²) in [4.78, 5) is 81.0. The van der Waals surface area contributed by atoms with E-state index in [0.29, 0.717) is 91.9 Å². The summed E-state index contributed by atoms with van der Waals surface area (Å²) in [6.07, 6.45) is 5.98. The number of carbonyl (C=O) groups excluding carboxylic acids is 5. The van der Waals surface area contributed by atoms with Gasteiger partial charge in [0.2, 0.25) is 17.7 Å². The van der Waals surface area contributed by atoms with Gasteiger partial charge in [-0.3, -0.25) is 34.6 Å². The predicted molar refractivity (Wildman–Crippen MR) is 242 cm³/mol.